The molecule has 0 aliphatic heterocycles. The summed E-state index contributed by atoms with van der Waals surface area (Å²) in [6.45, 7) is 1.58. The van der Waals surface area contributed by atoms with Crippen LogP contribution in [-0.2, 0) is 9.53 Å². The zero-order valence-corrected chi connectivity index (χ0v) is 7.23. The molecule has 0 saturated carbocycles. The molecule has 0 atom stereocenters. The number of hydrogen-bond donors (Lipinski definition) is 1. The van der Waals surface area contributed by atoms with Gasteiger partial charge in [0.15, 0.2) is 0 Å². The molecule has 0 radical (unpaired) electrons. The van der Waals surface area contributed by atoms with Gasteiger partial charge in [-0.2, -0.15) is 13.2 Å². The molecule has 0 aromatic rings. The Morgan fingerprint density at radius 3 is 2.38 bits per heavy atom. The zero-order valence-electron chi connectivity index (χ0n) is 7.23. The lowest BCUT2D eigenvalue weighted by molar-refractivity contribution is -0.136. The van der Waals surface area contributed by atoms with E-state index in [9.17, 15) is 18.0 Å². The minimum absolute atomic E-state index is 0.0857. The van der Waals surface area contributed by atoms with Crippen LogP contribution >= 0.6 is 0 Å². The van der Waals surface area contributed by atoms with Crippen LogP contribution in [0.5, 0.6) is 0 Å². The van der Waals surface area contributed by atoms with Gasteiger partial charge in [0.1, 0.15) is 5.70 Å². The molecule has 76 valence electrons. The van der Waals surface area contributed by atoms with Gasteiger partial charge >= 0.3 is 12.1 Å². The van der Waals surface area contributed by atoms with Gasteiger partial charge in [-0.05, 0) is 6.92 Å². The topological polar surface area (TPSA) is 38.3 Å². The van der Waals surface area contributed by atoms with Crippen LogP contribution in [0.4, 0.5) is 13.2 Å². The molecular weight excluding hydrogens is 187 g/mol. The molecule has 0 aromatic carbocycles. The molecule has 0 unspecified atom stereocenters. The molecule has 0 spiro atoms. The van der Waals surface area contributed by atoms with E-state index in [1.165, 1.54) is 6.92 Å². The van der Waals surface area contributed by atoms with Gasteiger partial charge in [0.25, 0.3) is 0 Å². The molecule has 0 bridgehead atoms. The van der Waals surface area contributed by atoms with Gasteiger partial charge in [0.2, 0.25) is 0 Å². The number of allylic oxidation sites excluding steroid dienone is 1. The zero-order chi connectivity index (χ0) is 10.5. The van der Waals surface area contributed by atoms with Crippen molar-refractivity contribution in [2.24, 2.45) is 0 Å². The van der Waals surface area contributed by atoms with Crippen molar-refractivity contribution in [2.45, 2.75) is 13.1 Å². The van der Waals surface area contributed by atoms with Crippen LogP contribution in [0.15, 0.2) is 11.8 Å². The van der Waals surface area contributed by atoms with E-state index in [0.29, 0.717) is 6.08 Å². The van der Waals surface area contributed by atoms with E-state index in [0.717, 1.165) is 7.11 Å². The molecule has 0 rings (SSSR count). The minimum Gasteiger partial charge on any atom is -0.466 e. The van der Waals surface area contributed by atoms with Gasteiger partial charge in [-0.1, -0.05) is 0 Å². The normalized spacial score (nSPS) is 12.5. The molecule has 0 saturated heterocycles. The van der Waals surface area contributed by atoms with Gasteiger partial charge < -0.3 is 10.1 Å². The van der Waals surface area contributed by atoms with Crippen molar-refractivity contribution >= 4 is 5.97 Å². The maximum atomic E-state index is 12.1. The SMILES string of the molecule is CCN/C(=C\C(=O)OC)C(F)(F)F. The van der Waals surface area contributed by atoms with Crippen LogP contribution in [0.25, 0.3) is 0 Å². The van der Waals surface area contributed by atoms with Crippen molar-refractivity contribution in [3.05, 3.63) is 11.8 Å². The number of methoxy groups -OCH3 is 1. The highest BCUT2D eigenvalue weighted by Gasteiger charge is 2.34. The van der Waals surface area contributed by atoms with Crippen LogP contribution < -0.4 is 5.32 Å². The number of carbonyl (C=O) groups excluding carboxylic acids is 1. The number of carbonyl (C=O) groups is 1. The molecule has 0 aliphatic rings. The molecule has 6 heteroatoms. The molecule has 13 heavy (non-hydrogen) atoms. The van der Waals surface area contributed by atoms with Crippen LogP contribution in [-0.4, -0.2) is 25.8 Å². The summed E-state index contributed by atoms with van der Waals surface area (Å²) in [6.07, 6.45) is -4.17. The van der Waals surface area contributed by atoms with E-state index < -0.39 is 17.8 Å². The first kappa shape index (κ1) is 11.8. The van der Waals surface area contributed by atoms with E-state index in [1.54, 1.807) is 0 Å². The van der Waals surface area contributed by atoms with E-state index in [4.69, 9.17) is 0 Å². The highest BCUT2D eigenvalue weighted by atomic mass is 19.4. The fraction of sp³-hybridized carbons (Fsp3) is 0.571. The second-order valence-electron chi connectivity index (χ2n) is 2.11. The predicted molar refractivity (Wildman–Crippen MR) is 39.8 cm³/mol. The number of nitrogens with one attached hydrogen (secondary N) is 1. The van der Waals surface area contributed by atoms with Gasteiger partial charge in [-0.15, -0.1) is 0 Å². The van der Waals surface area contributed by atoms with Crippen LogP contribution in [0.1, 0.15) is 6.92 Å². The summed E-state index contributed by atoms with van der Waals surface area (Å²) in [5.74, 6) is -1.03. The lowest BCUT2D eigenvalue weighted by Crippen LogP contribution is -2.27. The van der Waals surface area contributed by atoms with Crippen molar-refractivity contribution in [3.63, 3.8) is 0 Å². The Morgan fingerprint density at radius 2 is 2.08 bits per heavy atom. The molecule has 0 heterocycles. The number of rotatable bonds is 3. The Labute approximate surface area is 73.6 Å². The van der Waals surface area contributed by atoms with Crippen LogP contribution in [0.2, 0.25) is 0 Å². The van der Waals surface area contributed by atoms with Crippen molar-refractivity contribution in [1.29, 1.82) is 0 Å². The Morgan fingerprint density at radius 1 is 1.54 bits per heavy atom. The Hall–Kier alpha value is -1.20. The molecule has 0 aliphatic carbocycles. The number of esters is 1. The third-order valence-electron chi connectivity index (χ3n) is 1.14. The lowest BCUT2D eigenvalue weighted by Gasteiger charge is -2.11. The Balaban J connectivity index is 4.60. The molecule has 0 fully saturated rings. The third-order valence-corrected chi connectivity index (χ3v) is 1.14. The van der Waals surface area contributed by atoms with E-state index in [2.05, 4.69) is 4.74 Å². The summed E-state index contributed by atoms with van der Waals surface area (Å²) in [4.78, 5) is 10.5. The van der Waals surface area contributed by atoms with Crippen molar-refractivity contribution in [2.75, 3.05) is 13.7 Å². The third kappa shape index (κ3) is 4.39. The molecule has 0 amide bonds. The minimum atomic E-state index is -4.55. The number of alkyl halides is 3. The first-order valence-corrected chi connectivity index (χ1v) is 3.52. The molecule has 1 N–H and O–H groups in total. The van der Waals surface area contributed by atoms with Gasteiger partial charge in [-0.25, -0.2) is 4.79 Å². The highest BCUT2D eigenvalue weighted by molar-refractivity contribution is 5.82. The van der Waals surface area contributed by atoms with Crippen molar-refractivity contribution < 1.29 is 22.7 Å². The first-order valence-electron chi connectivity index (χ1n) is 3.52. The van der Waals surface area contributed by atoms with E-state index in [-0.39, 0.29) is 6.54 Å². The van der Waals surface area contributed by atoms with E-state index >= 15 is 0 Å². The average Bonchev–Trinajstić information content (AvgIpc) is 2.01. The molecule has 0 aromatic heterocycles. The monoisotopic (exact) mass is 197 g/mol. The average molecular weight is 197 g/mol. The van der Waals surface area contributed by atoms with Crippen LogP contribution in [0, 0.1) is 0 Å². The smallest absolute Gasteiger partial charge is 0.431 e. The lowest BCUT2D eigenvalue weighted by atomic mass is 10.3. The van der Waals surface area contributed by atoms with Gasteiger partial charge in [-0.3, -0.25) is 0 Å². The molecular formula is C7H10F3NO2. The quantitative estimate of drug-likeness (QED) is 0.546. The fourth-order valence-electron chi connectivity index (χ4n) is 0.600. The van der Waals surface area contributed by atoms with E-state index in [1.807, 2.05) is 5.32 Å². The fourth-order valence-corrected chi connectivity index (χ4v) is 0.600. The van der Waals surface area contributed by atoms with Gasteiger partial charge in [0.05, 0.1) is 13.2 Å². The second-order valence-corrected chi connectivity index (χ2v) is 2.11. The number of ether oxygens (including phenoxy) is 1. The summed E-state index contributed by atoms with van der Waals surface area (Å²) < 4.78 is 40.3. The summed E-state index contributed by atoms with van der Waals surface area (Å²) in [5, 5.41) is 2.02. The van der Waals surface area contributed by atoms with Crippen molar-refractivity contribution in [1.82, 2.24) is 5.32 Å². The van der Waals surface area contributed by atoms with Crippen LogP contribution in [0.3, 0.4) is 0 Å². The predicted octanol–water partition coefficient (Wildman–Crippen LogP) is 1.22. The Kier molecular flexibility index (Phi) is 4.30. The second kappa shape index (κ2) is 4.74. The summed E-state index contributed by atoms with van der Waals surface area (Å²) in [5.41, 5.74) is -1.10. The summed E-state index contributed by atoms with van der Waals surface area (Å²) in [7, 11) is 1.01. The van der Waals surface area contributed by atoms with Crippen molar-refractivity contribution in [3.8, 4) is 0 Å². The standard InChI is InChI=1S/C7H10F3NO2/c1-3-11-5(7(8,9)10)4-6(12)13-2/h4,11H,3H2,1-2H3/b5-4-. The maximum absolute atomic E-state index is 12.1. The summed E-state index contributed by atoms with van der Waals surface area (Å²) >= 11 is 0. The largest absolute Gasteiger partial charge is 0.466 e. The summed E-state index contributed by atoms with van der Waals surface area (Å²) in [6, 6.07) is 0. The molecule has 3 nitrogen and oxygen atoms in total. The maximum Gasteiger partial charge on any atom is 0.431 e. The number of halogens is 3. The number of hydrogen-bond acceptors (Lipinski definition) is 3. The highest BCUT2D eigenvalue weighted by Crippen LogP contribution is 2.23. The first-order chi connectivity index (χ1) is 5.91. The van der Waals surface area contributed by atoms with Gasteiger partial charge in [0, 0.05) is 6.54 Å². The Bertz CT molecular complexity index is 210.